The standard InChI is InChI=1S/C20H21N5O2/c1-13(19-23-16-8-2-3-9-17(16)24-19)21-20(27)22-14-6-4-7-15(12-14)25-11-5-10-18(25)26/h2-4,6-9,12-13H,5,10-11H2,1H3,(H,23,24)(H2,21,22,27). The molecule has 0 saturated carbocycles. The molecule has 1 atom stereocenters. The number of anilines is 2. The molecule has 0 bridgehead atoms. The Balaban J connectivity index is 1.42. The van der Waals surface area contributed by atoms with E-state index < -0.39 is 0 Å². The van der Waals surface area contributed by atoms with Crippen LogP contribution in [0.5, 0.6) is 0 Å². The minimum Gasteiger partial charge on any atom is -0.340 e. The molecule has 138 valence electrons. The third-order valence-corrected chi connectivity index (χ3v) is 4.65. The number of imidazole rings is 1. The summed E-state index contributed by atoms with van der Waals surface area (Å²) in [6.45, 7) is 2.59. The van der Waals surface area contributed by atoms with Crippen molar-refractivity contribution >= 4 is 34.3 Å². The Morgan fingerprint density at radius 2 is 2.07 bits per heavy atom. The van der Waals surface area contributed by atoms with Gasteiger partial charge in [-0.25, -0.2) is 9.78 Å². The zero-order valence-electron chi connectivity index (χ0n) is 15.0. The van der Waals surface area contributed by atoms with Gasteiger partial charge in [0.1, 0.15) is 5.82 Å². The van der Waals surface area contributed by atoms with E-state index in [0.717, 1.165) is 29.7 Å². The van der Waals surface area contributed by atoms with Crippen molar-refractivity contribution in [3.8, 4) is 0 Å². The van der Waals surface area contributed by atoms with Crippen molar-refractivity contribution in [1.29, 1.82) is 0 Å². The van der Waals surface area contributed by atoms with Crippen molar-refractivity contribution < 1.29 is 9.59 Å². The number of hydrogen-bond acceptors (Lipinski definition) is 3. The van der Waals surface area contributed by atoms with Crippen LogP contribution >= 0.6 is 0 Å². The number of aromatic amines is 1. The summed E-state index contributed by atoms with van der Waals surface area (Å²) in [5.41, 5.74) is 3.25. The Labute approximate surface area is 156 Å². The highest BCUT2D eigenvalue weighted by molar-refractivity contribution is 5.96. The minimum atomic E-state index is -0.326. The number of para-hydroxylation sites is 2. The quantitative estimate of drug-likeness (QED) is 0.662. The Kier molecular flexibility index (Phi) is 4.50. The lowest BCUT2D eigenvalue weighted by atomic mass is 10.2. The van der Waals surface area contributed by atoms with Crippen LogP contribution in [-0.4, -0.2) is 28.5 Å². The summed E-state index contributed by atoms with van der Waals surface area (Å²) in [5, 5.41) is 5.70. The number of carbonyl (C=O) groups is 2. The molecule has 3 aromatic rings. The van der Waals surface area contributed by atoms with E-state index >= 15 is 0 Å². The summed E-state index contributed by atoms with van der Waals surface area (Å²) in [7, 11) is 0. The molecule has 0 spiro atoms. The number of aromatic nitrogens is 2. The topological polar surface area (TPSA) is 90.1 Å². The summed E-state index contributed by atoms with van der Waals surface area (Å²) in [6, 6.07) is 14.5. The van der Waals surface area contributed by atoms with E-state index in [2.05, 4.69) is 20.6 Å². The summed E-state index contributed by atoms with van der Waals surface area (Å²) in [6.07, 6.45) is 1.44. The number of amides is 3. The maximum Gasteiger partial charge on any atom is 0.319 e. The second-order valence-electron chi connectivity index (χ2n) is 6.66. The first-order valence-corrected chi connectivity index (χ1v) is 9.03. The maximum atomic E-state index is 12.4. The van der Waals surface area contributed by atoms with Crippen LogP contribution < -0.4 is 15.5 Å². The highest BCUT2D eigenvalue weighted by Crippen LogP contribution is 2.24. The molecular formula is C20H21N5O2. The Morgan fingerprint density at radius 1 is 1.22 bits per heavy atom. The van der Waals surface area contributed by atoms with Crippen molar-refractivity contribution in [3.63, 3.8) is 0 Å². The van der Waals surface area contributed by atoms with E-state index in [-0.39, 0.29) is 18.0 Å². The largest absolute Gasteiger partial charge is 0.340 e. The highest BCUT2D eigenvalue weighted by Gasteiger charge is 2.22. The molecular weight excluding hydrogens is 342 g/mol. The predicted octanol–water partition coefficient (Wildman–Crippen LogP) is 3.57. The van der Waals surface area contributed by atoms with Crippen molar-refractivity contribution in [1.82, 2.24) is 15.3 Å². The monoisotopic (exact) mass is 363 g/mol. The lowest BCUT2D eigenvalue weighted by Crippen LogP contribution is -2.31. The zero-order valence-corrected chi connectivity index (χ0v) is 15.0. The van der Waals surface area contributed by atoms with Gasteiger partial charge >= 0.3 is 6.03 Å². The first-order chi connectivity index (χ1) is 13.1. The van der Waals surface area contributed by atoms with Crippen LogP contribution in [0.15, 0.2) is 48.5 Å². The fraction of sp³-hybridized carbons (Fsp3) is 0.250. The van der Waals surface area contributed by atoms with Gasteiger partial charge < -0.3 is 20.5 Å². The molecule has 3 N–H and O–H groups in total. The lowest BCUT2D eigenvalue weighted by molar-refractivity contribution is -0.117. The average molecular weight is 363 g/mol. The third-order valence-electron chi connectivity index (χ3n) is 4.65. The van der Waals surface area contributed by atoms with Gasteiger partial charge in [-0.05, 0) is 43.7 Å². The molecule has 1 saturated heterocycles. The number of benzene rings is 2. The fourth-order valence-corrected chi connectivity index (χ4v) is 3.28. The smallest absolute Gasteiger partial charge is 0.319 e. The molecule has 1 aromatic heterocycles. The Hall–Kier alpha value is -3.35. The van der Waals surface area contributed by atoms with Crippen LogP contribution in [0.3, 0.4) is 0 Å². The van der Waals surface area contributed by atoms with Gasteiger partial charge in [0.15, 0.2) is 0 Å². The molecule has 27 heavy (non-hydrogen) atoms. The number of carbonyl (C=O) groups excluding carboxylic acids is 2. The average Bonchev–Trinajstić information content (AvgIpc) is 3.27. The summed E-state index contributed by atoms with van der Waals surface area (Å²) < 4.78 is 0. The van der Waals surface area contributed by atoms with Gasteiger partial charge in [-0.1, -0.05) is 18.2 Å². The molecule has 7 heteroatoms. The number of nitrogens with zero attached hydrogens (tertiary/aromatic N) is 2. The van der Waals surface area contributed by atoms with E-state index in [9.17, 15) is 9.59 Å². The fourth-order valence-electron chi connectivity index (χ4n) is 3.28. The summed E-state index contributed by atoms with van der Waals surface area (Å²) in [5.74, 6) is 0.817. The van der Waals surface area contributed by atoms with Crippen LogP contribution in [-0.2, 0) is 4.79 Å². The zero-order chi connectivity index (χ0) is 18.8. The molecule has 1 aliphatic heterocycles. The molecule has 2 heterocycles. The van der Waals surface area contributed by atoms with Crippen LogP contribution in [0.25, 0.3) is 11.0 Å². The van der Waals surface area contributed by atoms with Crippen LogP contribution in [0.4, 0.5) is 16.2 Å². The number of fused-ring (bicyclic) bond motifs is 1. The summed E-state index contributed by atoms with van der Waals surface area (Å²) >= 11 is 0. The van der Waals surface area contributed by atoms with E-state index in [0.29, 0.717) is 17.9 Å². The van der Waals surface area contributed by atoms with Gasteiger partial charge in [0.25, 0.3) is 0 Å². The Bertz CT molecular complexity index is 964. The SMILES string of the molecule is CC(NC(=O)Nc1cccc(N2CCCC2=O)c1)c1nc2ccccc2[nH]1. The number of hydrogen-bond donors (Lipinski definition) is 3. The predicted molar refractivity (Wildman–Crippen MR) is 105 cm³/mol. The highest BCUT2D eigenvalue weighted by atomic mass is 16.2. The van der Waals surface area contributed by atoms with E-state index in [4.69, 9.17) is 0 Å². The van der Waals surface area contributed by atoms with Gasteiger partial charge in [0, 0.05) is 24.3 Å². The number of nitrogens with one attached hydrogen (secondary N) is 3. The van der Waals surface area contributed by atoms with E-state index in [1.165, 1.54) is 0 Å². The molecule has 7 nitrogen and oxygen atoms in total. The van der Waals surface area contributed by atoms with Crippen molar-refractivity contribution in [2.75, 3.05) is 16.8 Å². The van der Waals surface area contributed by atoms with E-state index in [1.807, 2.05) is 49.4 Å². The van der Waals surface area contributed by atoms with E-state index in [1.54, 1.807) is 11.0 Å². The van der Waals surface area contributed by atoms with Gasteiger partial charge in [0.2, 0.25) is 5.91 Å². The molecule has 1 unspecified atom stereocenters. The van der Waals surface area contributed by atoms with Crippen molar-refractivity contribution in [3.05, 3.63) is 54.4 Å². The second kappa shape index (κ2) is 7.11. The minimum absolute atomic E-state index is 0.120. The molecule has 4 rings (SSSR count). The van der Waals surface area contributed by atoms with Crippen LogP contribution in [0.2, 0.25) is 0 Å². The van der Waals surface area contributed by atoms with Crippen LogP contribution in [0.1, 0.15) is 31.6 Å². The molecule has 1 aliphatic rings. The first kappa shape index (κ1) is 17.1. The molecule has 2 aromatic carbocycles. The first-order valence-electron chi connectivity index (χ1n) is 9.03. The second-order valence-corrected chi connectivity index (χ2v) is 6.66. The van der Waals surface area contributed by atoms with Gasteiger partial charge in [0.05, 0.1) is 17.1 Å². The van der Waals surface area contributed by atoms with Gasteiger partial charge in [-0.2, -0.15) is 0 Å². The van der Waals surface area contributed by atoms with Crippen molar-refractivity contribution in [2.24, 2.45) is 0 Å². The van der Waals surface area contributed by atoms with Gasteiger partial charge in [-0.3, -0.25) is 4.79 Å². The van der Waals surface area contributed by atoms with Crippen LogP contribution in [0, 0.1) is 0 Å². The van der Waals surface area contributed by atoms with Crippen molar-refractivity contribution in [2.45, 2.75) is 25.8 Å². The lowest BCUT2D eigenvalue weighted by Gasteiger charge is -2.17. The summed E-state index contributed by atoms with van der Waals surface area (Å²) in [4.78, 5) is 33.7. The molecule has 1 fully saturated rings. The number of rotatable bonds is 4. The number of H-pyrrole nitrogens is 1. The maximum absolute atomic E-state index is 12.4. The molecule has 3 amide bonds. The number of urea groups is 1. The molecule has 0 radical (unpaired) electrons. The Morgan fingerprint density at radius 3 is 2.85 bits per heavy atom. The van der Waals surface area contributed by atoms with Gasteiger partial charge in [-0.15, -0.1) is 0 Å². The molecule has 0 aliphatic carbocycles. The normalized spacial score (nSPS) is 15.1. The third kappa shape index (κ3) is 3.62.